The SMILES string of the molecule is [B]C(C)CC/C=C\C. The molecule has 1 unspecified atom stereocenters. The van der Waals surface area contributed by atoms with Crippen LogP contribution in [0, 0.1) is 0 Å². The lowest BCUT2D eigenvalue weighted by atomic mass is 9.86. The number of allylic oxidation sites excluding steroid dienone is 2. The molecule has 0 saturated carbocycles. The van der Waals surface area contributed by atoms with E-state index in [9.17, 15) is 0 Å². The van der Waals surface area contributed by atoms with Crippen LogP contribution in [0.2, 0.25) is 5.82 Å². The van der Waals surface area contributed by atoms with Gasteiger partial charge in [0, 0.05) is 0 Å². The first-order valence-electron chi connectivity index (χ1n) is 3.14. The summed E-state index contributed by atoms with van der Waals surface area (Å²) in [6.45, 7) is 4.06. The third-order valence-electron chi connectivity index (χ3n) is 1.02. The molecular formula is C7H13B. The zero-order valence-electron chi connectivity index (χ0n) is 5.72. The molecule has 0 amide bonds. The van der Waals surface area contributed by atoms with Crippen molar-refractivity contribution < 1.29 is 0 Å². The lowest BCUT2D eigenvalue weighted by molar-refractivity contribution is 0.810. The highest BCUT2D eigenvalue weighted by Gasteiger charge is 1.87. The Morgan fingerprint density at radius 2 is 2.25 bits per heavy atom. The molecule has 0 N–H and O–H groups in total. The largest absolute Gasteiger partial charge is 0.0917 e. The molecule has 0 rings (SSSR count). The van der Waals surface area contributed by atoms with Gasteiger partial charge in [-0.25, -0.2) is 0 Å². The van der Waals surface area contributed by atoms with Crippen molar-refractivity contribution in [3.8, 4) is 0 Å². The van der Waals surface area contributed by atoms with E-state index >= 15 is 0 Å². The molecule has 1 atom stereocenters. The highest BCUT2D eigenvalue weighted by molar-refractivity contribution is 6.11. The molecule has 2 radical (unpaired) electrons. The minimum Gasteiger partial charge on any atom is -0.0917 e. The summed E-state index contributed by atoms with van der Waals surface area (Å²) in [5.41, 5.74) is 0. The van der Waals surface area contributed by atoms with Gasteiger partial charge in [-0.2, -0.15) is 0 Å². The van der Waals surface area contributed by atoms with Gasteiger partial charge in [0.15, 0.2) is 0 Å². The maximum atomic E-state index is 5.50. The maximum absolute atomic E-state index is 5.50. The second kappa shape index (κ2) is 4.95. The van der Waals surface area contributed by atoms with Crippen LogP contribution in [-0.4, -0.2) is 7.85 Å². The maximum Gasteiger partial charge on any atom is 0.0695 e. The van der Waals surface area contributed by atoms with E-state index in [1.165, 1.54) is 0 Å². The van der Waals surface area contributed by atoms with Crippen LogP contribution in [0.15, 0.2) is 12.2 Å². The third-order valence-corrected chi connectivity index (χ3v) is 1.02. The van der Waals surface area contributed by atoms with E-state index in [1.807, 2.05) is 13.8 Å². The molecule has 0 aromatic rings. The van der Waals surface area contributed by atoms with Crippen LogP contribution < -0.4 is 0 Å². The molecule has 1 heteroatoms. The van der Waals surface area contributed by atoms with E-state index in [4.69, 9.17) is 7.85 Å². The van der Waals surface area contributed by atoms with E-state index in [0.717, 1.165) is 12.8 Å². The first-order valence-corrected chi connectivity index (χ1v) is 3.14. The molecule has 0 bridgehead atoms. The van der Waals surface area contributed by atoms with Crippen molar-refractivity contribution in [1.29, 1.82) is 0 Å². The van der Waals surface area contributed by atoms with Gasteiger partial charge < -0.3 is 0 Å². The Morgan fingerprint density at radius 1 is 1.62 bits per heavy atom. The van der Waals surface area contributed by atoms with E-state index < -0.39 is 0 Å². The number of rotatable bonds is 3. The van der Waals surface area contributed by atoms with E-state index in [0.29, 0.717) is 5.82 Å². The molecule has 0 aliphatic rings. The molecule has 0 aliphatic carbocycles. The molecule has 0 nitrogen and oxygen atoms in total. The highest BCUT2D eigenvalue weighted by Crippen LogP contribution is 2.05. The van der Waals surface area contributed by atoms with Crippen molar-refractivity contribution in [3.05, 3.63) is 12.2 Å². The summed E-state index contributed by atoms with van der Waals surface area (Å²) in [4.78, 5) is 0. The molecule has 0 aliphatic heterocycles. The molecule has 8 heavy (non-hydrogen) atoms. The average molecular weight is 108 g/mol. The van der Waals surface area contributed by atoms with Crippen LogP contribution in [0.25, 0.3) is 0 Å². The summed E-state index contributed by atoms with van der Waals surface area (Å²) >= 11 is 0. The van der Waals surface area contributed by atoms with E-state index in [-0.39, 0.29) is 0 Å². The summed E-state index contributed by atoms with van der Waals surface area (Å²) in [7, 11) is 5.50. The smallest absolute Gasteiger partial charge is 0.0695 e. The first-order chi connectivity index (χ1) is 3.77. The van der Waals surface area contributed by atoms with Crippen LogP contribution in [-0.2, 0) is 0 Å². The van der Waals surface area contributed by atoms with Crippen LogP contribution in [0.1, 0.15) is 26.7 Å². The molecule has 0 heterocycles. The van der Waals surface area contributed by atoms with Gasteiger partial charge in [-0.15, -0.1) is 0 Å². The topological polar surface area (TPSA) is 0 Å². The predicted molar refractivity (Wildman–Crippen MR) is 39.2 cm³/mol. The summed E-state index contributed by atoms with van der Waals surface area (Å²) < 4.78 is 0. The Bertz CT molecular complexity index is 64.8. The molecule has 0 saturated heterocycles. The normalized spacial score (nSPS) is 14.8. The Morgan fingerprint density at radius 3 is 2.62 bits per heavy atom. The van der Waals surface area contributed by atoms with Gasteiger partial charge in [-0.05, 0) is 13.3 Å². The van der Waals surface area contributed by atoms with E-state index in [1.54, 1.807) is 0 Å². The van der Waals surface area contributed by atoms with Crippen LogP contribution in [0.4, 0.5) is 0 Å². The first kappa shape index (κ1) is 7.80. The van der Waals surface area contributed by atoms with Crippen molar-refractivity contribution in [1.82, 2.24) is 0 Å². The van der Waals surface area contributed by atoms with Gasteiger partial charge >= 0.3 is 0 Å². The average Bonchev–Trinajstić information content (AvgIpc) is 1.66. The Kier molecular flexibility index (Phi) is 4.83. The Labute approximate surface area is 53.4 Å². The predicted octanol–water partition coefficient (Wildman–Crippen LogP) is 2.32. The standard InChI is InChI=1S/C7H13B/c1-3-4-5-6-7(2)8/h3-4,7H,5-6H2,1-2H3/b4-3-. The number of hydrogen-bond donors (Lipinski definition) is 0. The fourth-order valence-electron chi connectivity index (χ4n) is 0.526. The second-order valence-corrected chi connectivity index (χ2v) is 2.12. The molecule has 0 aromatic heterocycles. The molecule has 0 fully saturated rings. The van der Waals surface area contributed by atoms with Gasteiger partial charge in [0.25, 0.3) is 0 Å². The molecule has 0 aromatic carbocycles. The fraction of sp³-hybridized carbons (Fsp3) is 0.714. The van der Waals surface area contributed by atoms with Gasteiger partial charge in [-0.1, -0.05) is 31.3 Å². The van der Waals surface area contributed by atoms with Crippen molar-refractivity contribution in [2.75, 3.05) is 0 Å². The number of hydrogen-bond acceptors (Lipinski definition) is 0. The minimum atomic E-state index is 0.353. The zero-order chi connectivity index (χ0) is 6.41. The molecular weight excluding hydrogens is 94.9 g/mol. The highest BCUT2D eigenvalue weighted by atomic mass is 13.9. The van der Waals surface area contributed by atoms with Gasteiger partial charge in [0.1, 0.15) is 0 Å². The lowest BCUT2D eigenvalue weighted by Gasteiger charge is -1.97. The van der Waals surface area contributed by atoms with Gasteiger partial charge in [-0.3, -0.25) is 0 Å². The quantitative estimate of drug-likeness (QED) is 0.384. The minimum absolute atomic E-state index is 0.353. The Balaban J connectivity index is 2.93. The third kappa shape index (κ3) is 5.80. The van der Waals surface area contributed by atoms with Crippen LogP contribution >= 0.6 is 0 Å². The summed E-state index contributed by atoms with van der Waals surface area (Å²) in [6.07, 6.45) is 6.42. The van der Waals surface area contributed by atoms with Crippen molar-refractivity contribution in [2.45, 2.75) is 32.5 Å². The monoisotopic (exact) mass is 108 g/mol. The molecule has 0 spiro atoms. The van der Waals surface area contributed by atoms with Crippen LogP contribution in [0.5, 0.6) is 0 Å². The lowest BCUT2D eigenvalue weighted by Crippen LogP contribution is -1.81. The summed E-state index contributed by atoms with van der Waals surface area (Å²) in [5.74, 6) is 0.353. The summed E-state index contributed by atoms with van der Waals surface area (Å²) in [6, 6.07) is 0. The van der Waals surface area contributed by atoms with Gasteiger partial charge in [0.05, 0.1) is 7.85 Å². The Hall–Kier alpha value is -0.195. The van der Waals surface area contributed by atoms with Crippen LogP contribution in [0.3, 0.4) is 0 Å². The summed E-state index contributed by atoms with van der Waals surface area (Å²) in [5, 5.41) is 0. The zero-order valence-corrected chi connectivity index (χ0v) is 5.72. The molecule has 44 valence electrons. The second-order valence-electron chi connectivity index (χ2n) is 2.12. The van der Waals surface area contributed by atoms with E-state index in [2.05, 4.69) is 12.2 Å². The van der Waals surface area contributed by atoms with Crippen molar-refractivity contribution in [2.24, 2.45) is 0 Å². The van der Waals surface area contributed by atoms with Crippen molar-refractivity contribution in [3.63, 3.8) is 0 Å². The van der Waals surface area contributed by atoms with Crippen molar-refractivity contribution >= 4 is 7.85 Å². The fourth-order valence-corrected chi connectivity index (χ4v) is 0.526. The van der Waals surface area contributed by atoms with Gasteiger partial charge in [0.2, 0.25) is 0 Å².